The zero-order valence-corrected chi connectivity index (χ0v) is 10.5. The fourth-order valence-corrected chi connectivity index (χ4v) is 1.02. The van der Waals surface area contributed by atoms with E-state index < -0.39 is 6.09 Å². The normalized spacial score (nSPS) is 10.6. The molecule has 0 atom stereocenters. The Hall–Kier alpha value is -1.85. The van der Waals surface area contributed by atoms with Gasteiger partial charge < -0.3 is 14.8 Å². The summed E-state index contributed by atoms with van der Waals surface area (Å²) < 4.78 is 9.82. The van der Waals surface area contributed by atoms with Gasteiger partial charge >= 0.3 is 6.09 Å². The van der Waals surface area contributed by atoms with Gasteiger partial charge in [0.25, 0.3) is 0 Å². The minimum atomic E-state index is -0.456. The molecule has 0 aromatic carbocycles. The van der Waals surface area contributed by atoms with E-state index in [0.29, 0.717) is 25.5 Å². The largest absolute Gasteiger partial charge is 0.490 e. The Morgan fingerprint density at radius 3 is 2.50 bits per heavy atom. The molecule has 0 aliphatic heterocycles. The summed E-state index contributed by atoms with van der Waals surface area (Å²) in [6, 6.07) is 0. The van der Waals surface area contributed by atoms with Crippen LogP contribution in [0.2, 0.25) is 0 Å². The van der Waals surface area contributed by atoms with E-state index in [0.717, 1.165) is 18.9 Å². The van der Waals surface area contributed by atoms with Gasteiger partial charge in [0.2, 0.25) is 0 Å². The van der Waals surface area contributed by atoms with Gasteiger partial charge in [-0.1, -0.05) is 13.3 Å². The lowest BCUT2D eigenvalue weighted by atomic mass is 10.3. The predicted molar refractivity (Wildman–Crippen MR) is 65.0 cm³/mol. The van der Waals surface area contributed by atoms with Crippen LogP contribution in [0.4, 0.5) is 4.79 Å². The van der Waals surface area contributed by atoms with Crippen LogP contribution in [0.3, 0.4) is 0 Å². The molecule has 0 bridgehead atoms. The molecule has 102 valence electrons. The second kappa shape index (κ2) is 11.6. The van der Waals surface area contributed by atoms with Crippen LogP contribution in [-0.4, -0.2) is 38.4 Å². The molecule has 18 heavy (non-hydrogen) atoms. The summed E-state index contributed by atoms with van der Waals surface area (Å²) in [5, 5.41) is 2.60. The standard InChI is InChI=1S/C12H19NO5/c1-2-3-6-13-12(16)18-9-4-8-17-11(10-15)5-7-14/h5,7,10H,2-4,6,8-9H2,1H3,(H,13,16)/b11-5-. The lowest BCUT2D eigenvalue weighted by molar-refractivity contribution is -0.109. The molecule has 0 unspecified atom stereocenters. The van der Waals surface area contributed by atoms with Crippen molar-refractivity contribution in [2.75, 3.05) is 19.8 Å². The molecule has 6 heteroatoms. The Kier molecular flexibility index (Phi) is 10.4. The number of hydrogen-bond acceptors (Lipinski definition) is 5. The molecule has 0 radical (unpaired) electrons. The summed E-state index contributed by atoms with van der Waals surface area (Å²) in [5.74, 6) is -0.0302. The molecular weight excluding hydrogens is 238 g/mol. The van der Waals surface area contributed by atoms with Crippen LogP contribution in [0.15, 0.2) is 11.8 Å². The second-order valence-corrected chi connectivity index (χ2v) is 3.44. The van der Waals surface area contributed by atoms with E-state index in [2.05, 4.69) is 5.32 Å². The zero-order valence-electron chi connectivity index (χ0n) is 10.5. The molecule has 0 fully saturated rings. The minimum Gasteiger partial charge on any atom is -0.490 e. The van der Waals surface area contributed by atoms with E-state index >= 15 is 0 Å². The van der Waals surface area contributed by atoms with E-state index in [4.69, 9.17) is 9.47 Å². The molecule has 0 spiro atoms. The average molecular weight is 257 g/mol. The van der Waals surface area contributed by atoms with Crippen molar-refractivity contribution < 1.29 is 23.9 Å². The summed E-state index contributed by atoms with van der Waals surface area (Å²) in [7, 11) is 0. The molecule has 0 rings (SSSR count). The Balaban J connectivity index is 3.50. The van der Waals surface area contributed by atoms with Crippen LogP contribution in [0.25, 0.3) is 0 Å². The number of carbonyl (C=O) groups excluding carboxylic acids is 3. The van der Waals surface area contributed by atoms with Gasteiger partial charge in [-0.05, 0) is 6.42 Å². The highest BCUT2D eigenvalue weighted by Crippen LogP contribution is 1.94. The number of alkyl carbamates (subject to hydrolysis) is 1. The lowest BCUT2D eigenvalue weighted by Crippen LogP contribution is -2.25. The smallest absolute Gasteiger partial charge is 0.407 e. The quantitative estimate of drug-likeness (QED) is 0.275. The molecule has 1 amide bonds. The number of carbonyl (C=O) groups is 3. The monoisotopic (exact) mass is 257 g/mol. The molecule has 0 aliphatic carbocycles. The van der Waals surface area contributed by atoms with Crippen molar-refractivity contribution in [1.29, 1.82) is 0 Å². The maximum absolute atomic E-state index is 11.1. The topological polar surface area (TPSA) is 81.7 Å². The second-order valence-electron chi connectivity index (χ2n) is 3.44. The number of hydrogen-bond donors (Lipinski definition) is 1. The van der Waals surface area contributed by atoms with Crippen LogP contribution in [-0.2, 0) is 19.1 Å². The van der Waals surface area contributed by atoms with Gasteiger partial charge in [0, 0.05) is 19.0 Å². The number of nitrogens with one attached hydrogen (secondary N) is 1. The average Bonchev–Trinajstić information content (AvgIpc) is 2.37. The van der Waals surface area contributed by atoms with Crippen LogP contribution < -0.4 is 5.32 Å². The van der Waals surface area contributed by atoms with Gasteiger partial charge in [0.15, 0.2) is 12.0 Å². The first-order chi connectivity index (χ1) is 8.74. The first kappa shape index (κ1) is 16.1. The summed E-state index contributed by atoms with van der Waals surface area (Å²) in [6.45, 7) is 3.04. The van der Waals surface area contributed by atoms with Crippen molar-refractivity contribution in [2.24, 2.45) is 0 Å². The summed E-state index contributed by atoms with van der Waals surface area (Å²) in [5.41, 5.74) is 0. The zero-order chi connectivity index (χ0) is 13.6. The Labute approximate surface area is 106 Å². The highest BCUT2D eigenvalue weighted by molar-refractivity contribution is 5.79. The lowest BCUT2D eigenvalue weighted by Gasteiger charge is -2.07. The Morgan fingerprint density at radius 1 is 1.17 bits per heavy atom. The number of ether oxygens (including phenoxy) is 2. The van der Waals surface area contributed by atoms with Gasteiger partial charge in [0.05, 0.1) is 13.2 Å². The third kappa shape index (κ3) is 9.38. The maximum Gasteiger partial charge on any atom is 0.407 e. The van der Waals surface area contributed by atoms with Gasteiger partial charge in [-0.3, -0.25) is 9.59 Å². The van der Waals surface area contributed by atoms with Gasteiger partial charge in [-0.25, -0.2) is 4.79 Å². The van der Waals surface area contributed by atoms with Crippen molar-refractivity contribution in [2.45, 2.75) is 26.2 Å². The number of unbranched alkanes of at least 4 members (excludes halogenated alkanes) is 1. The molecular formula is C12H19NO5. The van der Waals surface area contributed by atoms with Crippen molar-refractivity contribution in [3.63, 3.8) is 0 Å². The van der Waals surface area contributed by atoms with Gasteiger partial charge in [0.1, 0.15) is 6.29 Å². The Bertz CT molecular complexity index is 288. The fourth-order valence-electron chi connectivity index (χ4n) is 1.02. The van der Waals surface area contributed by atoms with Crippen LogP contribution in [0, 0.1) is 0 Å². The highest BCUT2D eigenvalue weighted by atomic mass is 16.5. The minimum absolute atomic E-state index is 0.0302. The fraction of sp³-hybridized carbons (Fsp3) is 0.583. The first-order valence-corrected chi connectivity index (χ1v) is 5.88. The van der Waals surface area contributed by atoms with Crippen molar-refractivity contribution in [3.8, 4) is 0 Å². The molecule has 0 saturated carbocycles. The van der Waals surface area contributed by atoms with E-state index in [-0.39, 0.29) is 19.0 Å². The summed E-state index contributed by atoms with van der Waals surface area (Å²) in [4.78, 5) is 31.5. The van der Waals surface area contributed by atoms with E-state index in [1.54, 1.807) is 0 Å². The number of allylic oxidation sites excluding steroid dienone is 2. The number of aldehydes is 2. The molecule has 0 heterocycles. The van der Waals surface area contributed by atoms with Gasteiger partial charge in [-0.2, -0.15) is 0 Å². The van der Waals surface area contributed by atoms with Crippen molar-refractivity contribution in [1.82, 2.24) is 5.32 Å². The van der Waals surface area contributed by atoms with E-state index in [1.807, 2.05) is 6.92 Å². The molecule has 1 N–H and O–H groups in total. The van der Waals surface area contributed by atoms with E-state index in [9.17, 15) is 14.4 Å². The van der Waals surface area contributed by atoms with Crippen molar-refractivity contribution >= 4 is 18.7 Å². The third-order valence-corrected chi connectivity index (χ3v) is 1.94. The van der Waals surface area contributed by atoms with Gasteiger partial charge in [-0.15, -0.1) is 0 Å². The van der Waals surface area contributed by atoms with E-state index in [1.165, 1.54) is 0 Å². The van der Waals surface area contributed by atoms with Crippen LogP contribution in [0.5, 0.6) is 0 Å². The highest BCUT2D eigenvalue weighted by Gasteiger charge is 2.00. The SMILES string of the molecule is CCCCNC(=O)OCCCO/C(C=O)=C\C=O. The third-order valence-electron chi connectivity index (χ3n) is 1.94. The predicted octanol–water partition coefficient (Wildman–Crippen LogP) is 1.20. The molecule has 6 nitrogen and oxygen atoms in total. The molecule has 0 aromatic heterocycles. The Morgan fingerprint density at radius 2 is 1.89 bits per heavy atom. The first-order valence-electron chi connectivity index (χ1n) is 5.88. The van der Waals surface area contributed by atoms with Crippen molar-refractivity contribution in [3.05, 3.63) is 11.8 Å². The number of amides is 1. The molecule has 0 saturated heterocycles. The van der Waals surface area contributed by atoms with Crippen LogP contribution in [0.1, 0.15) is 26.2 Å². The van der Waals surface area contributed by atoms with Crippen LogP contribution >= 0.6 is 0 Å². The number of rotatable bonds is 10. The maximum atomic E-state index is 11.1. The molecule has 0 aliphatic rings. The summed E-state index contributed by atoms with van der Waals surface area (Å²) in [6.07, 6.45) is 3.87. The summed E-state index contributed by atoms with van der Waals surface area (Å²) >= 11 is 0. The molecule has 0 aromatic rings.